The Balaban J connectivity index is 2.39. The smallest absolute Gasteiger partial charge is 0.0404 e. The van der Waals surface area contributed by atoms with E-state index in [0.29, 0.717) is 5.88 Å². The highest BCUT2D eigenvalue weighted by atomic mass is 35.5. The molecule has 0 N–H and O–H groups in total. The van der Waals surface area contributed by atoms with Crippen LogP contribution in [0.25, 0.3) is 0 Å². The molecule has 0 aliphatic rings. The Bertz CT molecular complexity index is 521. The summed E-state index contributed by atoms with van der Waals surface area (Å²) in [6.45, 7) is 4.72. The molecule has 0 saturated heterocycles. The third-order valence-corrected chi connectivity index (χ3v) is 6.71. The van der Waals surface area contributed by atoms with Gasteiger partial charge in [0.1, 0.15) is 0 Å². The number of hydrogen-bond acceptors (Lipinski definition) is 0. The summed E-state index contributed by atoms with van der Waals surface area (Å²) in [4.78, 5) is 0. The molecule has 2 rings (SSSR count). The van der Waals surface area contributed by atoms with Gasteiger partial charge in [0.25, 0.3) is 0 Å². The minimum atomic E-state index is -0.405. The molecule has 110 valence electrons. The number of halogens is 1. The Hall–Kier alpha value is -1.10. The van der Waals surface area contributed by atoms with Crippen LogP contribution in [0.15, 0.2) is 72.8 Å². The first-order valence-electron chi connectivity index (χ1n) is 7.26. The second-order valence-corrected chi connectivity index (χ2v) is 8.87. The maximum absolute atomic E-state index is 5.76. The first-order valence-corrected chi connectivity index (χ1v) is 9.14. The number of rotatable bonds is 6. The molecular weight excluding hydrogens is 295 g/mol. The highest BCUT2D eigenvalue weighted by Gasteiger charge is 2.30. The second kappa shape index (κ2) is 7.78. The average Bonchev–Trinajstić information content (AvgIpc) is 2.49. The molecule has 0 bridgehead atoms. The van der Waals surface area contributed by atoms with E-state index in [1.54, 1.807) is 0 Å². The third-order valence-electron chi connectivity index (χ3n) is 3.51. The number of hydrogen-bond donors (Lipinski definition) is 0. The van der Waals surface area contributed by atoms with E-state index < -0.39 is 7.92 Å². The Morgan fingerprint density at radius 3 is 1.76 bits per heavy atom. The van der Waals surface area contributed by atoms with Gasteiger partial charge in [-0.3, -0.25) is 0 Å². The van der Waals surface area contributed by atoms with E-state index in [-0.39, 0.29) is 5.16 Å². The van der Waals surface area contributed by atoms with Gasteiger partial charge in [0.05, 0.1) is 0 Å². The SMILES string of the molecule is CC(C)(CC=CCCl)P(c1ccccc1)c1ccccc1. The predicted molar refractivity (Wildman–Crippen MR) is 97.6 cm³/mol. The van der Waals surface area contributed by atoms with Crippen molar-refractivity contribution in [2.24, 2.45) is 0 Å². The normalized spacial score (nSPS) is 12.2. The van der Waals surface area contributed by atoms with Crippen molar-refractivity contribution in [1.82, 2.24) is 0 Å². The Labute approximate surface area is 134 Å². The summed E-state index contributed by atoms with van der Waals surface area (Å²) in [5.41, 5.74) is 0. The van der Waals surface area contributed by atoms with Gasteiger partial charge in [-0.2, -0.15) is 0 Å². The van der Waals surface area contributed by atoms with E-state index in [1.165, 1.54) is 10.6 Å². The van der Waals surface area contributed by atoms with Gasteiger partial charge in [-0.1, -0.05) is 86.7 Å². The van der Waals surface area contributed by atoms with Crippen LogP contribution in [0.2, 0.25) is 0 Å². The molecule has 0 heterocycles. The first kappa shape index (κ1) is 16.3. The van der Waals surface area contributed by atoms with Crippen LogP contribution in [-0.2, 0) is 0 Å². The molecule has 0 spiro atoms. The third kappa shape index (κ3) is 4.43. The fourth-order valence-electron chi connectivity index (χ4n) is 2.53. The predicted octanol–water partition coefficient (Wildman–Crippen LogP) is 5.08. The van der Waals surface area contributed by atoms with Crippen LogP contribution in [0.5, 0.6) is 0 Å². The molecule has 21 heavy (non-hydrogen) atoms. The maximum atomic E-state index is 5.76. The van der Waals surface area contributed by atoms with Crippen molar-refractivity contribution in [3.8, 4) is 0 Å². The molecular formula is C19H22ClP. The number of benzene rings is 2. The molecule has 0 fully saturated rings. The van der Waals surface area contributed by atoms with Crippen LogP contribution < -0.4 is 10.6 Å². The lowest BCUT2D eigenvalue weighted by Crippen LogP contribution is -2.28. The zero-order chi connectivity index (χ0) is 15.1. The van der Waals surface area contributed by atoms with Gasteiger partial charge in [-0.15, -0.1) is 11.6 Å². The van der Waals surface area contributed by atoms with Gasteiger partial charge in [0, 0.05) is 5.88 Å². The van der Waals surface area contributed by atoms with Crippen molar-refractivity contribution in [2.45, 2.75) is 25.4 Å². The second-order valence-electron chi connectivity index (χ2n) is 5.65. The molecule has 0 amide bonds. The Kier molecular flexibility index (Phi) is 6.03. The minimum Gasteiger partial charge on any atom is -0.122 e. The summed E-state index contributed by atoms with van der Waals surface area (Å²) in [5, 5.41) is 3.06. The standard InChI is InChI=1S/C19H22ClP/c1-19(2,15-9-10-16-20)21(17-11-5-3-6-12-17)18-13-7-4-8-14-18/h3-14H,15-16H2,1-2H3. The van der Waals surface area contributed by atoms with E-state index in [9.17, 15) is 0 Å². The van der Waals surface area contributed by atoms with E-state index in [4.69, 9.17) is 11.6 Å². The fraction of sp³-hybridized carbons (Fsp3) is 0.263. The maximum Gasteiger partial charge on any atom is 0.0404 e. The van der Waals surface area contributed by atoms with Gasteiger partial charge >= 0.3 is 0 Å². The summed E-state index contributed by atoms with van der Waals surface area (Å²) < 4.78 is 0. The van der Waals surface area contributed by atoms with Crippen LogP contribution in [0, 0.1) is 0 Å². The molecule has 0 aromatic heterocycles. The van der Waals surface area contributed by atoms with Gasteiger partial charge < -0.3 is 0 Å². The van der Waals surface area contributed by atoms with Crippen molar-refractivity contribution in [2.75, 3.05) is 5.88 Å². The fourth-order valence-corrected chi connectivity index (χ4v) is 5.58. The summed E-state index contributed by atoms with van der Waals surface area (Å²) in [7, 11) is -0.405. The van der Waals surface area contributed by atoms with Crippen LogP contribution in [0.1, 0.15) is 20.3 Å². The Morgan fingerprint density at radius 1 is 0.857 bits per heavy atom. The van der Waals surface area contributed by atoms with Crippen molar-refractivity contribution >= 4 is 30.1 Å². The molecule has 0 atom stereocenters. The van der Waals surface area contributed by atoms with Gasteiger partial charge in [0.2, 0.25) is 0 Å². The average molecular weight is 317 g/mol. The summed E-state index contributed by atoms with van der Waals surface area (Å²) in [5.74, 6) is 0.588. The number of alkyl halides is 1. The molecule has 0 aliphatic carbocycles. The topological polar surface area (TPSA) is 0 Å². The van der Waals surface area contributed by atoms with E-state index in [1.807, 2.05) is 6.08 Å². The molecule has 2 aromatic rings. The quantitative estimate of drug-likeness (QED) is 0.396. The molecule has 2 heteroatoms. The van der Waals surface area contributed by atoms with Crippen LogP contribution >= 0.6 is 19.5 Å². The first-order chi connectivity index (χ1) is 10.1. The molecule has 0 radical (unpaired) electrons. The monoisotopic (exact) mass is 316 g/mol. The highest BCUT2D eigenvalue weighted by molar-refractivity contribution is 7.74. The van der Waals surface area contributed by atoms with Crippen LogP contribution in [0.3, 0.4) is 0 Å². The van der Waals surface area contributed by atoms with Crippen LogP contribution in [-0.4, -0.2) is 11.0 Å². The van der Waals surface area contributed by atoms with Crippen molar-refractivity contribution in [3.05, 3.63) is 72.8 Å². The Morgan fingerprint density at radius 2 is 1.33 bits per heavy atom. The van der Waals surface area contributed by atoms with Crippen LogP contribution in [0.4, 0.5) is 0 Å². The van der Waals surface area contributed by atoms with Gasteiger partial charge in [-0.05, 0) is 30.1 Å². The van der Waals surface area contributed by atoms with Crippen molar-refractivity contribution in [1.29, 1.82) is 0 Å². The minimum absolute atomic E-state index is 0.195. The van der Waals surface area contributed by atoms with E-state index >= 15 is 0 Å². The lowest BCUT2D eigenvalue weighted by Gasteiger charge is -2.35. The number of allylic oxidation sites excluding steroid dienone is 2. The molecule has 0 nitrogen and oxygen atoms in total. The zero-order valence-corrected chi connectivity index (χ0v) is 14.3. The molecule has 2 aromatic carbocycles. The van der Waals surface area contributed by atoms with E-state index in [0.717, 1.165) is 6.42 Å². The molecule has 0 unspecified atom stereocenters. The largest absolute Gasteiger partial charge is 0.122 e. The van der Waals surface area contributed by atoms with Crippen molar-refractivity contribution < 1.29 is 0 Å². The summed E-state index contributed by atoms with van der Waals surface area (Å²) in [6, 6.07) is 21.7. The van der Waals surface area contributed by atoms with E-state index in [2.05, 4.69) is 80.6 Å². The lowest BCUT2D eigenvalue weighted by molar-refractivity contribution is 0.716. The molecule has 0 saturated carbocycles. The zero-order valence-electron chi connectivity index (χ0n) is 12.7. The summed E-state index contributed by atoms with van der Waals surface area (Å²) in [6.07, 6.45) is 5.30. The lowest BCUT2D eigenvalue weighted by atomic mass is 10.1. The highest BCUT2D eigenvalue weighted by Crippen LogP contribution is 2.49. The van der Waals surface area contributed by atoms with Gasteiger partial charge in [0.15, 0.2) is 0 Å². The van der Waals surface area contributed by atoms with Crippen molar-refractivity contribution in [3.63, 3.8) is 0 Å². The van der Waals surface area contributed by atoms with Gasteiger partial charge in [-0.25, -0.2) is 0 Å². The molecule has 0 aliphatic heterocycles. The summed E-state index contributed by atoms with van der Waals surface area (Å²) >= 11 is 5.76.